The maximum Gasteiger partial charge on any atom is 0.137 e. The molecule has 0 aliphatic heterocycles. The predicted molar refractivity (Wildman–Crippen MR) is 53.4 cm³/mol. The minimum atomic E-state index is -0.632. The Labute approximate surface area is 87.3 Å². The van der Waals surface area contributed by atoms with Crippen molar-refractivity contribution in [3.63, 3.8) is 0 Å². The molecule has 0 bridgehead atoms. The Morgan fingerprint density at radius 1 is 1.60 bits per heavy atom. The van der Waals surface area contributed by atoms with E-state index in [1.807, 2.05) is 6.07 Å². The molecule has 1 aromatic carbocycles. The van der Waals surface area contributed by atoms with Crippen molar-refractivity contribution >= 4 is 0 Å². The summed E-state index contributed by atoms with van der Waals surface area (Å²) in [5.74, 6) is 0.191. The van der Waals surface area contributed by atoms with E-state index in [9.17, 15) is 5.11 Å². The third-order valence-electron chi connectivity index (χ3n) is 2.06. The van der Waals surface area contributed by atoms with E-state index in [1.165, 1.54) is 19.2 Å². The molecule has 1 rings (SSSR count). The number of nitrogens with zero attached hydrogens (tertiary/aromatic N) is 1. The second-order valence-electron chi connectivity index (χ2n) is 3.01. The molecule has 1 aromatic rings. The molecule has 80 valence electrons. The summed E-state index contributed by atoms with van der Waals surface area (Å²) >= 11 is 0. The fourth-order valence-corrected chi connectivity index (χ4v) is 1.24. The third kappa shape index (κ3) is 2.18. The Bertz CT molecular complexity index is 398. The molecule has 0 heterocycles. The maximum atomic E-state index is 9.40. The second kappa shape index (κ2) is 4.64. The minimum Gasteiger partial charge on any atom is -0.506 e. The number of methoxy groups -OCH3 is 1. The Morgan fingerprint density at radius 3 is 2.73 bits per heavy atom. The van der Waals surface area contributed by atoms with Crippen molar-refractivity contribution in [1.82, 2.24) is 0 Å². The average Bonchev–Trinajstić information content (AvgIpc) is 2.27. The van der Waals surface area contributed by atoms with Crippen molar-refractivity contribution < 1.29 is 14.9 Å². The van der Waals surface area contributed by atoms with Crippen molar-refractivity contribution in [2.24, 2.45) is 5.73 Å². The zero-order valence-electron chi connectivity index (χ0n) is 8.27. The number of benzene rings is 1. The van der Waals surface area contributed by atoms with E-state index in [1.54, 1.807) is 0 Å². The van der Waals surface area contributed by atoms with Gasteiger partial charge in [-0.25, -0.2) is 0 Å². The molecule has 5 heteroatoms. The molecule has 0 amide bonds. The van der Waals surface area contributed by atoms with Gasteiger partial charge >= 0.3 is 0 Å². The van der Waals surface area contributed by atoms with Crippen LogP contribution in [0.5, 0.6) is 11.5 Å². The zero-order valence-corrected chi connectivity index (χ0v) is 8.27. The lowest BCUT2D eigenvalue weighted by atomic mass is 10.0. The quantitative estimate of drug-likeness (QED) is 0.661. The number of nitrogens with two attached hydrogens (primary N) is 1. The fraction of sp³-hybridized carbons (Fsp3) is 0.300. The highest BCUT2D eigenvalue weighted by Gasteiger charge is 2.14. The molecule has 0 aliphatic rings. The van der Waals surface area contributed by atoms with Crippen LogP contribution in [-0.4, -0.2) is 23.9 Å². The number of rotatable bonds is 3. The Hall–Kier alpha value is -1.77. The number of aromatic hydroxyl groups is 1. The molecule has 1 unspecified atom stereocenters. The monoisotopic (exact) mass is 208 g/mol. The third-order valence-corrected chi connectivity index (χ3v) is 2.06. The SMILES string of the molecule is COc1cc(O)c(C#N)cc1C(N)CO. The first-order valence-corrected chi connectivity index (χ1v) is 4.31. The van der Waals surface area contributed by atoms with Gasteiger partial charge in [0.1, 0.15) is 17.6 Å². The molecular formula is C10H12N2O3. The summed E-state index contributed by atoms with van der Waals surface area (Å²) in [4.78, 5) is 0. The van der Waals surface area contributed by atoms with Gasteiger partial charge in [0.05, 0.1) is 25.3 Å². The van der Waals surface area contributed by atoms with Crippen LogP contribution in [0.4, 0.5) is 0 Å². The Balaban J connectivity index is 3.30. The first-order chi connectivity index (χ1) is 7.13. The van der Waals surface area contributed by atoms with Crippen LogP contribution in [0.2, 0.25) is 0 Å². The van der Waals surface area contributed by atoms with E-state index in [0.717, 1.165) is 0 Å². The molecule has 0 saturated carbocycles. The Kier molecular flexibility index (Phi) is 3.50. The molecule has 5 nitrogen and oxygen atoms in total. The molecule has 15 heavy (non-hydrogen) atoms. The lowest BCUT2D eigenvalue weighted by molar-refractivity contribution is 0.264. The highest BCUT2D eigenvalue weighted by Crippen LogP contribution is 2.30. The number of nitriles is 1. The standard InChI is InChI=1S/C10H12N2O3/c1-15-10-3-9(14)6(4-11)2-7(10)8(12)5-13/h2-3,8,13-14H,5,12H2,1H3. The molecule has 0 radical (unpaired) electrons. The van der Waals surface area contributed by atoms with Crippen molar-refractivity contribution in [3.05, 3.63) is 23.3 Å². The van der Waals surface area contributed by atoms with E-state index in [-0.39, 0.29) is 17.9 Å². The lowest BCUT2D eigenvalue weighted by Gasteiger charge is -2.14. The van der Waals surface area contributed by atoms with Gasteiger partial charge in [-0.1, -0.05) is 0 Å². The number of aliphatic hydroxyl groups is 1. The van der Waals surface area contributed by atoms with Gasteiger partial charge in [-0.15, -0.1) is 0 Å². The van der Waals surface area contributed by atoms with Gasteiger partial charge in [0.2, 0.25) is 0 Å². The minimum absolute atomic E-state index is 0.106. The maximum absolute atomic E-state index is 9.40. The Morgan fingerprint density at radius 2 is 2.27 bits per heavy atom. The van der Waals surface area contributed by atoms with Crippen LogP contribution >= 0.6 is 0 Å². The second-order valence-corrected chi connectivity index (χ2v) is 3.01. The van der Waals surface area contributed by atoms with Gasteiger partial charge in [0.15, 0.2) is 0 Å². The van der Waals surface area contributed by atoms with Crippen molar-refractivity contribution in [3.8, 4) is 17.6 Å². The van der Waals surface area contributed by atoms with Crippen molar-refractivity contribution in [1.29, 1.82) is 5.26 Å². The van der Waals surface area contributed by atoms with Crippen molar-refractivity contribution in [2.45, 2.75) is 6.04 Å². The number of aliphatic hydroxyl groups excluding tert-OH is 1. The topological polar surface area (TPSA) is 99.5 Å². The van der Waals surface area contributed by atoms with Gasteiger partial charge in [0.25, 0.3) is 0 Å². The highest BCUT2D eigenvalue weighted by molar-refractivity contribution is 5.52. The molecule has 4 N–H and O–H groups in total. The molecule has 0 saturated heterocycles. The molecule has 0 fully saturated rings. The number of phenolic OH excluding ortho intramolecular Hbond substituents is 1. The first-order valence-electron chi connectivity index (χ1n) is 4.31. The number of phenols is 1. The zero-order chi connectivity index (χ0) is 11.4. The van der Waals surface area contributed by atoms with E-state index < -0.39 is 6.04 Å². The van der Waals surface area contributed by atoms with Crippen LogP contribution in [0.15, 0.2) is 12.1 Å². The summed E-state index contributed by atoms with van der Waals surface area (Å²) < 4.78 is 4.99. The van der Waals surface area contributed by atoms with Crippen LogP contribution in [0.25, 0.3) is 0 Å². The van der Waals surface area contributed by atoms with E-state index in [2.05, 4.69) is 0 Å². The van der Waals surface area contributed by atoms with Crippen LogP contribution in [0.1, 0.15) is 17.2 Å². The summed E-state index contributed by atoms with van der Waals surface area (Å²) in [6, 6.07) is 3.91. The summed E-state index contributed by atoms with van der Waals surface area (Å²) in [7, 11) is 1.43. The van der Waals surface area contributed by atoms with Gasteiger partial charge in [-0.2, -0.15) is 5.26 Å². The van der Waals surface area contributed by atoms with Gasteiger partial charge in [-0.05, 0) is 6.07 Å². The van der Waals surface area contributed by atoms with E-state index >= 15 is 0 Å². The van der Waals surface area contributed by atoms with Crippen molar-refractivity contribution in [2.75, 3.05) is 13.7 Å². The van der Waals surface area contributed by atoms with Crippen LogP contribution in [0.3, 0.4) is 0 Å². The molecular weight excluding hydrogens is 196 g/mol. The highest BCUT2D eigenvalue weighted by atomic mass is 16.5. The van der Waals surface area contributed by atoms with Crippen LogP contribution < -0.4 is 10.5 Å². The van der Waals surface area contributed by atoms with Crippen LogP contribution in [-0.2, 0) is 0 Å². The normalized spacial score (nSPS) is 11.9. The fourth-order valence-electron chi connectivity index (χ4n) is 1.24. The largest absolute Gasteiger partial charge is 0.506 e. The van der Waals surface area contributed by atoms with E-state index in [4.69, 9.17) is 20.8 Å². The van der Waals surface area contributed by atoms with Gasteiger partial charge in [0, 0.05) is 11.6 Å². The number of hydrogen-bond acceptors (Lipinski definition) is 5. The predicted octanol–water partition coefficient (Wildman–Crippen LogP) is 0.265. The molecule has 0 aromatic heterocycles. The smallest absolute Gasteiger partial charge is 0.137 e. The summed E-state index contributed by atoms with van der Waals surface area (Å²) in [6.45, 7) is -0.258. The lowest BCUT2D eigenvalue weighted by Crippen LogP contribution is -2.15. The number of ether oxygens (including phenoxy) is 1. The summed E-state index contributed by atoms with van der Waals surface area (Å²) in [5.41, 5.74) is 6.22. The molecule has 1 atom stereocenters. The first kappa shape index (κ1) is 11.3. The summed E-state index contributed by atoms with van der Waals surface area (Å²) in [5, 5.41) is 27.0. The summed E-state index contributed by atoms with van der Waals surface area (Å²) in [6.07, 6.45) is 0. The average molecular weight is 208 g/mol. The van der Waals surface area contributed by atoms with Gasteiger partial charge < -0.3 is 20.7 Å². The number of hydrogen-bond donors (Lipinski definition) is 3. The molecule has 0 aliphatic carbocycles. The van der Waals surface area contributed by atoms with Gasteiger partial charge in [-0.3, -0.25) is 0 Å². The van der Waals surface area contributed by atoms with E-state index in [0.29, 0.717) is 11.3 Å². The van der Waals surface area contributed by atoms with Crippen LogP contribution in [0, 0.1) is 11.3 Å². The molecule has 0 spiro atoms.